The first-order chi connectivity index (χ1) is 12.1. The van der Waals surface area contributed by atoms with E-state index in [1.54, 1.807) is 0 Å². The van der Waals surface area contributed by atoms with E-state index < -0.39 is 17.9 Å². The number of rotatable bonds is 6. The molecule has 0 bridgehead atoms. The van der Waals surface area contributed by atoms with Crippen molar-refractivity contribution >= 4 is 23.2 Å². The van der Waals surface area contributed by atoms with E-state index in [1.807, 2.05) is 11.4 Å². The minimum absolute atomic E-state index is 0.151. The summed E-state index contributed by atoms with van der Waals surface area (Å²) >= 11 is 1.34. The normalized spacial score (nSPS) is 17.8. The van der Waals surface area contributed by atoms with Gasteiger partial charge in [0, 0.05) is 11.6 Å². The number of halogens is 1. The highest BCUT2D eigenvalue weighted by atomic mass is 32.1. The van der Waals surface area contributed by atoms with Crippen LogP contribution in [-0.4, -0.2) is 17.9 Å². The van der Waals surface area contributed by atoms with Crippen molar-refractivity contribution in [3.8, 4) is 0 Å². The van der Waals surface area contributed by atoms with Gasteiger partial charge in [-0.05, 0) is 60.7 Å². The van der Waals surface area contributed by atoms with Gasteiger partial charge in [0.15, 0.2) is 0 Å². The van der Waals surface area contributed by atoms with Gasteiger partial charge in [0.1, 0.15) is 10.7 Å². The number of amides is 1. The van der Waals surface area contributed by atoms with Crippen LogP contribution in [0.25, 0.3) is 0 Å². The molecule has 1 heterocycles. The maximum atomic E-state index is 13.2. The SMILES string of the molecule is O=C(O[C@H](C(=O)NC1CC1)c1ccc(F)cc1)c1sccc1C1CC1. The third kappa shape index (κ3) is 3.74. The van der Waals surface area contributed by atoms with Gasteiger partial charge < -0.3 is 10.1 Å². The zero-order valence-electron chi connectivity index (χ0n) is 13.5. The molecular formula is C19H18FNO3S. The van der Waals surface area contributed by atoms with Crippen LogP contribution in [0, 0.1) is 5.82 Å². The average Bonchev–Trinajstić information content (AvgIpc) is 3.54. The topological polar surface area (TPSA) is 55.4 Å². The van der Waals surface area contributed by atoms with Gasteiger partial charge in [-0.1, -0.05) is 12.1 Å². The lowest BCUT2D eigenvalue weighted by atomic mass is 10.1. The number of esters is 1. The quantitative estimate of drug-likeness (QED) is 0.795. The lowest BCUT2D eigenvalue weighted by molar-refractivity contribution is -0.130. The number of nitrogens with one attached hydrogen (secondary N) is 1. The third-order valence-electron chi connectivity index (χ3n) is 4.46. The molecule has 1 atom stereocenters. The highest BCUT2D eigenvalue weighted by Crippen LogP contribution is 2.43. The van der Waals surface area contributed by atoms with Crippen LogP contribution in [0.3, 0.4) is 0 Å². The molecule has 2 fully saturated rings. The van der Waals surface area contributed by atoms with Crippen LogP contribution in [0.2, 0.25) is 0 Å². The summed E-state index contributed by atoms with van der Waals surface area (Å²) in [5.41, 5.74) is 1.48. The van der Waals surface area contributed by atoms with Crippen LogP contribution >= 0.6 is 11.3 Å². The summed E-state index contributed by atoms with van der Waals surface area (Å²) in [7, 11) is 0. The number of benzene rings is 1. The Balaban J connectivity index is 1.56. The van der Waals surface area contributed by atoms with E-state index in [4.69, 9.17) is 4.74 Å². The Morgan fingerprint density at radius 3 is 2.48 bits per heavy atom. The van der Waals surface area contributed by atoms with Crippen molar-refractivity contribution in [3.63, 3.8) is 0 Å². The first-order valence-corrected chi connectivity index (χ1v) is 9.34. The van der Waals surface area contributed by atoms with Crippen molar-refractivity contribution < 1.29 is 18.7 Å². The van der Waals surface area contributed by atoms with Gasteiger partial charge in [-0.25, -0.2) is 9.18 Å². The molecule has 2 saturated carbocycles. The Bertz CT molecular complexity index is 793. The van der Waals surface area contributed by atoms with E-state index >= 15 is 0 Å². The number of thiophene rings is 1. The van der Waals surface area contributed by atoms with Crippen molar-refractivity contribution in [1.29, 1.82) is 0 Å². The molecule has 25 heavy (non-hydrogen) atoms. The van der Waals surface area contributed by atoms with Gasteiger partial charge in [0.2, 0.25) is 6.10 Å². The lowest BCUT2D eigenvalue weighted by Crippen LogP contribution is -2.33. The summed E-state index contributed by atoms with van der Waals surface area (Å²) < 4.78 is 18.8. The van der Waals surface area contributed by atoms with Crippen molar-refractivity contribution in [2.75, 3.05) is 0 Å². The highest BCUT2D eigenvalue weighted by molar-refractivity contribution is 7.12. The van der Waals surface area contributed by atoms with E-state index in [0.29, 0.717) is 16.4 Å². The summed E-state index contributed by atoms with van der Waals surface area (Å²) in [6.45, 7) is 0. The summed E-state index contributed by atoms with van der Waals surface area (Å²) in [5, 5.41) is 4.74. The van der Waals surface area contributed by atoms with Crippen LogP contribution in [0.4, 0.5) is 4.39 Å². The number of hydrogen-bond acceptors (Lipinski definition) is 4. The van der Waals surface area contributed by atoms with E-state index in [-0.39, 0.29) is 11.9 Å². The van der Waals surface area contributed by atoms with E-state index in [2.05, 4.69) is 5.32 Å². The number of hydrogen-bond donors (Lipinski definition) is 1. The van der Waals surface area contributed by atoms with Crippen molar-refractivity contribution in [2.45, 2.75) is 43.7 Å². The van der Waals surface area contributed by atoms with Gasteiger partial charge >= 0.3 is 5.97 Å². The smallest absolute Gasteiger partial charge is 0.349 e. The molecule has 6 heteroatoms. The molecule has 1 aromatic carbocycles. The number of carbonyl (C=O) groups excluding carboxylic acids is 2. The summed E-state index contributed by atoms with van der Waals surface area (Å²) in [5.74, 6) is -0.812. The minimum Gasteiger partial charge on any atom is -0.443 e. The van der Waals surface area contributed by atoms with Crippen molar-refractivity contribution in [3.05, 3.63) is 57.5 Å². The molecule has 2 aromatic rings. The maximum Gasteiger partial charge on any atom is 0.349 e. The standard InChI is InChI=1S/C19H18FNO3S/c20-13-5-3-12(4-6-13)16(18(22)21-14-7-8-14)24-19(23)17-15(9-10-25-17)11-1-2-11/h3-6,9-11,14,16H,1-2,7-8H2,(H,21,22)/t16-/m0/s1. The molecule has 0 radical (unpaired) electrons. The Labute approximate surface area is 149 Å². The fourth-order valence-electron chi connectivity index (χ4n) is 2.78. The second-order valence-corrected chi connectivity index (χ2v) is 7.52. The van der Waals surface area contributed by atoms with E-state index in [0.717, 1.165) is 31.2 Å². The molecule has 1 amide bonds. The Morgan fingerprint density at radius 1 is 1.12 bits per heavy atom. The number of ether oxygens (including phenoxy) is 1. The molecule has 1 aromatic heterocycles. The van der Waals surface area contributed by atoms with Crippen LogP contribution < -0.4 is 5.32 Å². The molecule has 4 nitrogen and oxygen atoms in total. The van der Waals surface area contributed by atoms with Crippen LogP contribution in [0.5, 0.6) is 0 Å². The summed E-state index contributed by atoms with van der Waals surface area (Å²) in [4.78, 5) is 25.7. The minimum atomic E-state index is -1.07. The predicted octanol–water partition coefficient (Wildman–Crippen LogP) is 3.94. The molecule has 2 aliphatic rings. The van der Waals surface area contributed by atoms with Crippen molar-refractivity contribution in [2.24, 2.45) is 0 Å². The molecule has 1 N–H and O–H groups in total. The van der Waals surface area contributed by atoms with Gasteiger partial charge in [-0.3, -0.25) is 4.79 Å². The Morgan fingerprint density at radius 2 is 1.84 bits per heavy atom. The summed E-state index contributed by atoms with van der Waals surface area (Å²) in [6, 6.07) is 7.60. The Hall–Kier alpha value is -2.21. The van der Waals surface area contributed by atoms with Crippen LogP contribution in [0.1, 0.15) is 58.5 Å². The maximum absolute atomic E-state index is 13.2. The zero-order valence-corrected chi connectivity index (χ0v) is 14.4. The second kappa shape index (κ2) is 6.59. The van der Waals surface area contributed by atoms with Gasteiger partial charge in [0.05, 0.1) is 0 Å². The molecule has 4 rings (SSSR count). The van der Waals surface area contributed by atoms with Crippen LogP contribution in [0.15, 0.2) is 35.7 Å². The molecule has 2 aliphatic carbocycles. The van der Waals surface area contributed by atoms with Crippen molar-refractivity contribution in [1.82, 2.24) is 5.32 Å². The molecule has 0 aliphatic heterocycles. The second-order valence-electron chi connectivity index (χ2n) is 6.60. The average molecular weight is 359 g/mol. The van der Waals surface area contributed by atoms with Gasteiger partial charge in [-0.2, -0.15) is 0 Å². The fraction of sp³-hybridized carbons (Fsp3) is 0.368. The third-order valence-corrected chi connectivity index (χ3v) is 5.37. The Kier molecular flexibility index (Phi) is 4.29. The monoisotopic (exact) mass is 359 g/mol. The van der Waals surface area contributed by atoms with Gasteiger partial charge in [-0.15, -0.1) is 11.3 Å². The van der Waals surface area contributed by atoms with Gasteiger partial charge in [0.25, 0.3) is 5.91 Å². The van der Waals surface area contributed by atoms with E-state index in [1.165, 1.54) is 35.6 Å². The van der Waals surface area contributed by atoms with Crippen LogP contribution in [-0.2, 0) is 9.53 Å². The first-order valence-electron chi connectivity index (χ1n) is 8.46. The lowest BCUT2D eigenvalue weighted by Gasteiger charge is -2.18. The first kappa shape index (κ1) is 16.3. The molecule has 0 unspecified atom stereocenters. The summed E-state index contributed by atoms with van der Waals surface area (Å²) in [6.07, 6.45) is 2.98. The largest absolute Gasteiger partial charge is 0.443 e. The number of carbonyl (C=O) groups is 2. The molecule has 0 spiro atoms. The van der Waals surface area contributed by atoms with E-state index in [9.17, 15) is 14.0 Å². The zero-order chi connectivity index (χ0) is 17.4. The fourth-order valence-corrected chi connectivity index (χ4v) is 3.64. The highest BCUT2D eigenvalue weighted by Gasteiger charge is 2.34. The predicted molar refractivity (Wildman–Crippen MR) is 92.0 cm³/mol. The molecule has 0 saturated heterocycles. The molecular weight excluding hydrogens is 341 g/mol. The molecule has 130 valence electrons.